The minimum absolute atomic E-state index is 0.110. The Morgan fingerprint density at radius 1 is 1.11 bits per heavy atom. The largest absolute Gasteiger partial charge is 0.376 e. The fraction of sp³-hybridized carbons (Fsp3) is 0.0714. The highest BCUT2D eigenvalue weighted by Gasteiger charge is 2.02. The molecule has 0 aliphatic carbocycles. The summed E-state index contributed by atoms with van der Waals surface area (Å²) in [6.07, 6.45) is 0. The number of nitrogens with one attached hydrogen (secondary N) is 2. The maximum Gasteiger partial charge on any atom is 0.243 e. The van der Waals surface area contributed by atoms with E-state index in [9.17, 15) is 4.79 Å². The van der Waals surface area contributed by atoms with E-state index in [2.05, 4.69) is 33.2 Å². The second-order valence-corrected chi connectivity index (χ2v) is 5.60. The van der Waals surface area contributed by atoms with E-state index in [4.69, 9.17) is 11.6 Å². The Morgan fingerprint density at radius 2 is 1.84 bits per heavy atom. The molecule has 0 radical (unpaired) electrons. The van der Waals surface area contributed by atoms with Crippen molar-refractivity contribution >= 4 is 51.5 Å². The summed E-state index contributed by atoms with van der Waals surface area (Å²) in [5, 5.41) is 6.45. The van der Waals surface area contributed by atoms with Gasteiger partial charge in [0.2, 0.25) is 5.91 Å². The van der Waals surface area contributed by atoms with Gasteiger partial charge in [0.05, 0.1) is 6.54 Å². The first-order valence-electron chi connectivity index (χ1n) is 5.68. The molecule has 19 heavy (non-hydrogen) atoms. The number of hydrogen-bond donors (Lipinski definition) is 2. The Bertz CT molecular complexity index is 589. The fourth-order valence-corrected chi connectivity index (χ4v) is 2.29. The van der Waals surface area contributed by atoms with Crippen molar-refractivity contribution in [3.8, 4) is 0 Å². The molecule has 2 aromatic rings. The molecule has 1 amide bonds. The Hall–Kier alpha value is -1.27. The highest BCUT2D eigenvalue weighted by atomic mass is 127. The van der Waals surface area contributed by atoms with E-state index in [1.54, 1.807) is 24.3 Å². The number of rotatable bonds is 4. The van der Waals surface area contributed by atoms with Crippen LogP contribution in [0.1, 0.15) is 0 Å². The average Bonchev–Trinajstić information content (AvgIpc) is 2.36. The number of benzene rings is 2. The minimum Gasteiger partial charge on any atom is -0.376 e. The van der Waals surface area contributed by atoms with Crippen LogP contribution in [0.5, 0.6) is 0 Å². The van der Waals surface area contributed by atoms with E-state index >= 15 is 0 Å². The third-order valence-corrected chi connectivity index (χ3v) is 3.29. The normalized spacial score (nSPS) is 10.0. The average molecular weight is 387 g/mol. The summed E-state index contributed by atoms with van der Waals surface area (Å²) in [6, 6.07) is 14.9. The summed E-state index contributed by atoms with van der Waals surface area (Å²) in [4.78, 5) is 11.8. The first kappa shape index (κ1) is 14.1. The SMILES string of the molecule is O=C(CNc1cccc(I)c1)Nc1cccc(Cl)c1. The molecule has 0 bridgehead atoms. The van der Waals surface area contributed by atoms with Crippen molar-refractivity contribution in [2.75, 3.05) is 17.2 Å². The van der Waals surface area contributed by atoms with Crippen molar-refractivity contribution in [1.29, 1.82) is 0 Å². The van der Waals surface area contributed by atoms with E-state index < -0.39 is 0 Å². The molecule has 0 atom stereocenters. The standard InChI is InChI=1S/C14H12ClIN2O/c15-10-3-1-6-13(7-10)18-14(19)9-17-12-5-2-4-11(16)8-12/h1-8,17H,9H2,(H,18,19). The molecule has 0 heterocycles. The maximum absolute atomic E-state index is 11.8. The van der Waals surface area contributed by atoms with E-state index in [-0.39, 0.29) is 12.5 Å². The predicted octanol–water partition coefficient (Wildman–Crippen LogP) is 4.00. The van der Waals surface area contributed by atoms with Crippen LogP contribution in [0.4, 0.5) is 11.4 Å². The van der Waals surface area contributed by atoms with Gasteiger partial charge < -0.3 is 10.6 Å². The molecule has 2 rings (SSSR count). The summed E-state index contributed by atoms with van der Waals surface area (Å²) in [5.74, 6) is -0.110. The molecule has 0 spiro atoms. The van der Waals surface area contributed by atoms with Crippen molar-refractivity contribution in [1.82, 2.24) is 0 Å². The minimum atomic E-state index is -0.110. The molecule has 0 aliphatic rings. The predicted molar refractivity (Wildman–Crippen MR) is 87.7 cm³/mol. The van der Waals surface area contributed by atoms with Crippen LogP contribution < -0.4 is 10.6 Å². The molecule has 0 unspecified atom stereocenters. The smallest absolute Gasteiger partial charge is 0.243 e. The Morgan fingerprint density at radius 3 is 2.58 bits per heavy atom. The molecular weight excluding hydrogens is 375 g/mol. The third-order valence-electron chi connectivity index (χ3n) is 2.39. The first-order chi connectivity index (χ1) is 9.13. The van der Waals surface area contributed by atoms with Crippen molar-refractivity contribution < 1.29 is 4.79 Å². The highest BCUT2D eigenvalue weighted by molar-refractivity contribution is 14.1. The zero-order valence-corrected chi connectivity index (χ0v) is 12.9. The zero-order valence-electron chi connectivity index (χ0n) is 9.99. The van der Waals surface area contributed by atoms with Crippen LogP contribution in [-0.2, 0) is 4.79 Å². The number of halogens is 2. The highest BCUT2D eigenvalue weighted by Crippen LogP contribution is 2.15. The van der Waals surface area contributed by atoms with Crippen LogP contribution in [0.2, 0.25) is 5.02 Å². The van der Waals surface area contributed by atoms with Gasteiger partial charge in [0.15, 0.2) is 0 Å². The fourth-order valence-electron chi connectivity index (χ4n) is 1.55. The number of amides is 1. The Kier molecular flexibility index (Phi) is 5.04. The molecule has 5 heteroatoms. The molecule has 2 aromatic carbocycles. The van der Waals surface area contributed by atoms with E-state index in [1.165, 1.54) is 0 Å². The molecule has 0 aromatic heterocycles. The van der Waals surface area contributed by atoms with Crippen LogP contribution >= 0.6 is 34.2 Å². The van der Waals surface area contributed by atoms with Crippen molar-refractivity contribution in [2.24, 2.45) is 0 Å². The van der Waals surface area contributed by atoms with Crippen LogP contribution in [0.25, 0.3) is 0 Å². The molecule has 0 saturated carbocycles. The van der Waals surface area contributed by atoms with Gasteiger partial charge in [-0.15, -0.1) is 0 Å². The second kappa shape index (κ2) is 6.77. The summed E-state index contributed by atoms with van der Waals surface area (Å²) in [7, 11) is 0. The molecule has 0 fully saturated rings. The zero-order chi connectivity index (χ0) is 13.7. The lowest BCUT2D eigenvalue weighted by atomic mass is 10.3. The van der Waals surface area contributed by atoms with Crippen LogP contribution in [0.15, 0.2) is 48.5 Å². The maximum atomic E-state index is 11.8. The molecular formula is C14H12ClIN2O. The van der Waals surface area contributed by atoms with Gasteiger partial charge in [-0.3, -0.25) is 4.79 Å². The van der Waals surface area contributed by atoms with Crippen molar-refractivity contribution in [2.45, 2.75) is 0 Å². The first-order valence-corrected chi connectivity index (χ1v) is 7.14. The number of carbonyl (C=O) groups is 1. The van der Waals surface area contributed by atoms with Crippen LogP contribution in [0.3, 0.4) is 0 Å². The summed E-state index contributed by atoms with van der Waals surface area (Å²) in [5.41, 5.74) is 1.62. The van der Waals surface area contributed by atoms with Gasteiger partial charge in [-0.2, -0.15) is 0 Å². The van der Waals surface area contributed by atoms with Crippen LogP contribution in [0, 0.1) is 3.57 Å². The van der Waals surface area contributed by atoms with Crippen LogP contribution in [-0.4, -0.2) is 12.5 Å². The van der Waals surface area contributed by atoms with Crippen molar-refractivity contribution in [3.63, 3.8) is 0 Å². The lowest BCUT2D eigenvalue weighted by Crippen LogP contribution is -2.21. The van der Waals surface area contributed by atoms with Crippen molar-refractivity contribution in [3.05, 3.63) is 57.1 Å². The summed E-state index contributed by atoms with van der Waals surface area (Å²) < 4.78 is 1.12. The molecule has 98 valence electrons. The lowest BCUT2D eigenvalue weighted by Gasteiger charge is -2.08. The molecule has 3 nitrogen and oxygen atoms in total. The lowest BCUT2D eigenvalue weighted by molar-refractivity contribution is -0.114. The van der Waals surface area contributed by atoms with Gasteiger partial charge in [0.1, 0.15) is 0 Å². The monoisotopic (exact) mass is 386 g/mol. The molecule has 0 saturated heterocycles. The number of anilines is 2. The third kappa shape index (κ3) is 4.72. The van der Waals surface area contributed by atoms with Gasteiger partial charge in [-0.1, -0.05) is 23.7 Å². The molecule has 0 aliphatic heterocycles. The second-order valence-electron chi connectivity index (χ2n) is 3.92. The van der Waals surface area contributed by atoms with Gasteiger partial charge >= 0.3 is 0 Å². The van der Waals surface area contributed by atoms with Gasteiger partial charge in [-0.05, 0) is 59.0 Å². The summed E-state index contributed by atoms with van der Waals surface area (Å²) in [6.45, 7) is 0.215. The number of carbonyl (C=O) groups excluding carboxylic acids is 1. The topological polar surface area (TPSA) is 41.1 Å². The number of hydrogen-bond acceptors (Lipinski definition) is 2. The molecule has 2 N–H and O–H groups in total. The summed E-state index contributed by atoms with van der Waals surface area (Å²) >= 11 is 8.08. The van der Waals surface area contributed by atoms with Gasteiger partial charge in [-0.25, -0.2) is 0 Å². The van der Waals surface area contributed by atoms with Gasteiger partial charge in [0, 0.05) is 20.0 Å². The van der Waals surface area contributed by atoms with Gasteiger partial charge in [0.25, 0.3) is 0 Å². The van der Waals surface area contributed by atoms with E-state index in [0.29, 0.717) is 10.7 Å². The van der Waals surface area contributed by atoms with E-state index in [0.717, 1.165) is 9.26 Å². The Balaban J connectivity index is 1.88. The Labute approximate surface area is 130 Å². The quantitative estimate of drug-likeness (QED) is 0.780. The van der Waals surface area contributed by atoms with E-state index in [1.807, 2.05) is 24.3 Å².